The highest BCUT2D eigenvalue weighted by molar-refractivity contribution is 5.87. The van der Waals surface area contributed by atoms with Gasteiger partial charge in [-0.2, -0.15) is 18.2 Å². The lowest BCUT2D eigenvalue weighted by molar-refractivity contribution is -0.138. The van der Waals surface area contributed by atoms with Crippen LogP contribution in [0.25, 0.3) is 11.4 Å². The summed E-state index contributed by atoms with van der Waals surface area (Å²) in [7, 11) is 0. The first-order valence-electron chi connectivity index (χ1n) is 10.8. The van der Waals surface area contributed by atoms with E-state index in [-0.39, 0.29) is 23.2 Å². The van der Waals surface area contributed by atoms with Crippen LogP contribution >= 0.6 is 0 Å². The lowest BCUT2D eigenvalue weighted by Gasteiger charge is -2.38. The zero-order valence-corrected chi connectivity index (χ0v) is 18.8. The van der Waals surface area contributed by atoms with Gasteiger partial charge in [0, 0.05) is 37.3 Å². The van der Waals surface area contributed by atoms with Gasteiger partial charge in [0.1, 0.15) is 5.82 Å². The number of carbonyl (C=O) groups is 1. The molecule has 1 amide bonds. The smallest absolute Gasteiger partial charge is 0.339 e. The van der Waals surface area contributed by atoms with Crippen molar-refractivity contribution in [1.82, 2.24) is 19.9 Å². The van der Waals surface area contributed by atoms with Crippen LogP contribution in [0.2, 0.25) is 0 Å². The number of nitrogens with zero attached hydrogens (tertiary/aromatic N) is 4. The fraction of sp³-hybridized carbons (Fsp3) is 0.375. The van der Waals surface area contributed by atoms with E-state index < -0.39 is 23.0 Å². The van der Waals surface area contributed by atoms with E-state index in [2.05, 4.69) is 10.1 Å². The first kappa shape index (κ1) is 23.9. The number of aromatic nitrogens is 2. The summed E-state index contributed by atoms with van der Waals surface area (Å²) in [4.78, 5) is 21.1. The van der Waals surface area contributed by atoms with Gasteiger partial charge >= 0.3 is 6.18 Å². The van der Waals surface area contributed by atoms with Crippen molar-refractivity contribution in [2.75, 3.05) is 26.2 Å². The monoisotopic (exact) mass is 476 g/mol. The lowest BCUT2D eigenvalue weighted by Crippen LogP contribution is -2.53. The van der Waals surface area contributed by atoms with E-state index in [9.17, 15) is 22.4 Å². The van der Waals surface area contributed by atoms with E-state index in [1.807, 2.05) is 4.90 Å². The maximum absolute atomic E-state index is 14.3. The highest BCUT2D eigenvalue weighted by Crippen LogP contribution is 2.32. The molecule has 180 valence electrons. The van der Waals surface area contributed by atoms with Gasteiger partial charge in [0.2, 0.25) is 17.6 Å². The second-order valence-corrected chi connectivity index (χ2v) is 8.76. The summed E-state index contributed by atoms with van der Waals surface area (Å²) in [5, 5.41) is 3.81. The van der Waals surface area contributed by atoms with Gasteiger partial charge in [0.15, 0.2) is 0 Å². The standard InChI is InChI=1S/C24H24F4N4O2/c1-23(2,18-8-3-4-9-19(18)25)22(33)32-12-10-31(11-13-32)15-20-29-21(30-34-20)16-6-5-7-17(14-16)24(26,27)28/h3-9,14H,10-13,15H2,1-2H3. The largest absolute Gasteiger partial charge is 0.416 e. The van der Waals surface area contributed by atoms with Gasteiger partial charge in [-0.05, 0) is 32.0 Å². The summed E-state index contributed by atoms with van der Waals surface area (Å²) in [5.41, 5.74) is -1.21. The van der Waals surface area contributed by atoms with E-state index in [0.717, 1.165) is 12.1 Å². The van der Waals surface area contributed by atoms with Gasteiger partial charge in [-0.25, -0.2) is 4.39 Å². The quantitative estimate of drug-likeness (QED) is 0.507. The van der Waals surface area contributed by atoms with E-state index in [1.165, 1.54) is 18.2 Å². The van der Waals surface area contributed by atoms with Crippen molar-refractivity contribution in [2.24, 2.45) is 0 Å². The topological polar surface area (TPSA) is 62.5 Å². The van der Waals surface area contributed by atoms with Crippen molar-refractivity contribution in [2.45, 2.75) is 32.0 Å². The average molecular weight is 476 g/mol. The second-order valence-electron chi connectivity index (χ2n) is 8.76. The number of hydrogen-bond donors (Lipinski definition) is 0. The van der Waals surface area contributed by atoms with Gasteiger partial charge in [-0.1, -0.05) is 35.5 Å². The molecule has 0 spiro atoms. The van der Waals surface area contributed by atoms with E-state index in [4.69, 9.17) is 4.52 Å². The maximum Gasteiger partial charge on any atom is 0.416 e. The summed E-state index contributed by atoms with van der Waals surface area (Å²) in [6, 6.07) is 11.0. The van der Waals surface area contributed by atoms with Crippen molar-refractivity contribution >= 4 is 5.91 Å². The molecule has 0 N–H and O–H groups in total. The Balaban J connectivity index is 1.37. The third-order valence-electron chi connectivity index (χ3n) is 6.02. The molecule has 4 rings (SSSR count). The SMILES string of the molecule is CC(C)(C(=O)N1CCN(Cc2nc(-c3cccc(C(F)(F)F)c3)no2)CC1)c1ccccc1F. The van der Waals surface area contributed by atoms with Crippen LogP contribution in [-0.4, -0.2) is 52.0 Å². The normalized spacial score (nSPS) is 15.5. The Morgan fingerprint density at radius 2 is 1.74 bits per heavy atom. The Bertz CT molecular complexity index is 1170. The van der Waals surface area contributed by atoms with Crippen molar-refractivity contribution in [3.63, 3.8) is 0 Å². The fourth-order valence-corrected chi connectivity index (χ4v) is 4.05. The Morgan fingerprint density at radius 1 is 1.03 bits per heavy atom. The minimum Gasteiger partial charge on any atom is -0.339 e. The van der Waals surface area contributed by atoms with Crippen LogP contribution in [0.4, 0.5) is 17.6 Å². The molecule has 1 fully saturated rings. The molecule has 1 aromatic heterocycles. The third kappa shape index (κ3) is 4.96. The summed E-state index contributed by atoms with van der Waals surface area (Å²) in [6.45, 7) is 5.73. The van der Waals surface area contributed by atoms with Crippen LogP contribution in [0.1, 0.15) is 30.9 Å². The van der Waals surface area contributed by atoms with Gasteiger partial charge in [0.25, 0.3) is 0 Å². The molecule has 6 nitrogen and oxygen atoms in total. The molecule has 0 aliphatic carbocycles. The first-order valence-corrected chi connectivity index (χ1v) is 10.8. The van der Waals surface area contributed by atoms with Gasteiger partial charge in [-0.15, -0.1) is 0 Å². The highest BCUT2D eigenvalue weighted by atomic mass is 19.4. The van der Waals surface area contributed by atoms with Crippen molar-refractivity contribution in [3.8, 4) is 11.4 Å². The summed E-state index contributed by atoms with van der Waals surface area (Å²) >= 11 is 0. The van der Waals surface area contributed by atoms with Crippen LogP contribution in [0.3, 0.4) is 0 Å². The predicted molar refractivity (Wildman–Crippen MR) is 116 cm³/mol. The Kier molecular flexibility index (Phi) is 6.44. The first-order chi connectivity index (χ1) is 16.1. The van der Waals surface area contributed by atoms with Gasteiger partial charge < -0.3 is 9.42 Å². The molecule has 0 radical (unpaired) electrons. The maximum atomic E-state index is 14.3. The molecule has 0 atom stereocenters. The third-order valence-corrected chi connectivity index (χ3v) is 6.02. The minimum atomic E-state index is -4.46. The highest BCUT2D eigenvalue weighted by Gasteiger charge is 2.37. The number of rotatable bonds is 5. The van der Waals surface area contributed by atoms with Crippen molar-refractivity contribution in [1.29, 1.82) is 0 Å². The zero-order valence-electron chi connectivity index (χ0n) is 18.8. The van der Waals surface area contributed by atoms with E-state index >= 15 is 0 Å². The van der Waals surface area contributed by atoms with E-state index in [1.54, 1.807) is 36.9 Å². The molecule has 3 aromatic rings. The number of piperazine rings is 1. The number of alkyl halides is 3. The Labute approximate surface area is 194 Å². The molecule has 10 heteroatoms. The fourth-order valence-electron chi connectivity index (χ4n) is 4.05. The Morgan fingerprint density at radius 3 is 2.41 bits per heavy atom. The number of amides is 1. The van der Waals surface area contributed by atoms with Gasteiger partial charge in [0.05, 0.1) is 17.5 Å². The van der Waals surface area contributed by atoms with Gasteiger partial charge in [-0.3, -0.25) is 9.69 Å². The molecule has 0 saturated carbocycles. The van der Waals surface area contributed by atoms with Crippen molar-refractivity contribution in [3.05, 3.63) is 71.4 Å². The average Bonchev–Trinajstić information content (AvgIpc) is 3.27. The molecular formula is C24H24F4N4O2. The van der Waals surface area contributed by atoms with Crippen LogP contribution in [0.5, 0.6) is 0 Å². The summed E-state index contributed by atoms with van der Waals surface area (Å²) < 4.78 is 58.4. The van der Waals surface area contributed by atoms with Crippen LogP contribution < -0.4 is 0 Å². The molecule has 1 saturated heterocycles. The summed E-state index contributed by atoms with van der Waals surface area (Å²) in [6.07, 6.45) is -4.46. The molecule has 34 heavy (non-hydrogen) atoms. The predicted octanol–water partition coefficient (Wildman–Crippen LogP) is 4.52. The lowest BCUT2D eigenvalue weighted by atomic mass is 9.82. The van der Waals surface area contributed by atoms with E-state index in [0.29, 0.717) is 38.3 Å². The minimum absolute atomic E-state index is 0.0848. The molecule has 0 unspecified atom stereocenters. The van der Waals surface area contributed by atoms with Crippen molar-refractivity contribution < 1.29 is 26.9 Å². The molecule has 0 bridgehead atoms. The Hall–Kier alpha value is -3.27. The molecular weight excluding hydrogens is 452 g/mol. The number of hydrogen-bond acceptors (Lipinski definition) is 5. The zero-order chi connectivity index (χ0) is 24.5. The second kappa shape index (κ2) is 9.17. The number of carbonyl (C=O) groups excluding carboxylic acids is 1. The molecule has 1 aliphatic heterocycles. The summed E-state index contributed by atoms with van der Waals surface area (Å²) in [5.74, 6) is -0.199. The van der Waals surface area contributed by atoms with Crippen LogP contribution in [0, 0.1) is 5.82 Å². The molecule has 1 aliphatic rings. The number of halogens is 4. The molecule has 2 aromatic carbocycles. The van der Waals surface area contributed by atoms with Crippen LogP contribution in [0.15, 0.2) is 53.1 Å². The van der Waals surface area contributed by atoms with Crippen LogP contribution in [-0.2, 0) is 22.9 Å². The molecule has 2 heterocycles. The number of benzene rings is 2.